The molecule has 1 N–H and O–H groups in total. The molecule has 2 rings (SSSR count). The topological polar surface area (TPSA) is 20.2 Å². The summed E-state index contributed by atoms with van der Waals surface area (Å²) in [5.41, 5.74) is 0. The molecule has 1 aromatic carbocycles. The first kappa shape index (κ1) is 10.1. The summed E-state index contributed by atoms with van der Waals surface area (Å²) in [4.78, 5) is 1.36. The third kappa shape index (κ3) is 2.76. The van der Waals surface area contributed by atoms with E-state index in [1.807, 2.05) is 11.8 Å². The van der Waals surface area contributed by atoms with Crippen LogP contribution in [0.25, 0.3) is 0 Å². The molecule has 1 aliphatic carbocycles. The van der Waals surface area contributed by atoms with Crippen LogP contribution in [0.5, 0.6) is 0 Å². The Morgan fingerprint density at radius 2 is 1.64 bits per heavy atom. The molecule has 1 nitrogen and oxygen atoms in total. The quantitative estimate of drug-likeness (QED) is 0.806. The van der Waals surface area contributed by atoms with E-state index in [-0.39, 0.29) is 6.10 Å². The molecule has 0 atom stereocenters. The maximum atomic E-state index is 9.38. The van der Waals surface area contributed by atoms with Gasteiger partial charge in [-0.3, -0.25) is 0 Å². The summed E-state index contributed by atoms with van der Waals surface area (Å²) >= 11 is 1.96. The maximum absolute atomic E-state index is 9.38. The lowest BCUT2D eigenvalue weighted by atomic mass is 9.97. The third-order valence-corrected chi connectivity index (χ3v) is 4.04. The molecule has 0 heterocycles. The molecule has 0 unspecified atom stereocenters. The molecule has 0 amide bonds. The molecule has 14 heavy (non-hydrogen) atoms. The van der Waals surface area contributed by atoms with Crippen LogP contribution in [0.1, 0.15) is 25.7 Å². The fourth-order valence-electron chi connectivity index (χ4n) is 1.85. The first-order valence-corrected chi connectivity index (χ1v) is 6.12. The highest BCUT2D eigenvalue weighted by Gasteiger charge is 2.19. The number of rotatable bonds is 2. The van der Waals surface area contributed by atoms with Crippen LogP contribution in [-0.2, 0) is 0 Å². The van der Waals surface area contributed by atoms with Gasteiger partial charge in [0.05, 0.1) is 6.10 Å². The molecule has 0 aromatic heterocycles. The first-order valence-electron chi connectivity index (χ1n) is 5.24. The molecular formula is C12H16OS. The zero-order valence-corrected chi connectivity index (χ0v) is 9.04. The summed E-state index contributed by atoms with van der Waals surface area (Å²) < 4.78 is 0. The Balaban J connectivity index is 1.87. The Labute approximate surface area is 89.5 Å². The first-order chi connectivity index (χ1) is 6.84. The third-order valence-electron chi connectivity index (χ3n) is 2.69. The van der Waals surface area contributed by atoms with Crippen molar-refractivity contribution in [1.29, 1.82) is 0 Å². The second-order valence-corrected chi connectivity index (χ2v) is 5.24. The van der Waals surface area contributed by atoms with Crippen LogP contribution in [0.4, 0.5) is 0 Å². The number of thioether (sulfide) groups is 1. The molecule has 1 aliphatic rings. The van der Waals surface area contributed by atoms with Crippen LogP contribution in [0.2, 0.25) is 0 Å². The van der Waals surface area contributed by atoms with Gasteiger partial charge in [0.1, 0.15) is 0 Å². The molecule has 0 saturated heterocycles. The van der Waals surface area contributed by atoms with E-state index in [1.165, 1.54) is 4.90 Å². The van der Waals surface area contributed by atoms with E-state index in [0.29, 0.717) is 5.25 Å². The van der Waals surface area contributed by atoms with Crippen molar-refractivity contribution in [2.45, 2.75) is 41.9 Å². The predicted molar refractivity (Wildman–Crippen MR) is 60.6 cm³/mol. The fourth-order valence-corrected chi connectivity index (χ4v) is 3.06. The molecule has 1 fully saturated rings. The minimum atomic E-state index is -0.0392. The molecule has 1 aromatic rings. The zero-order chi connectivity index (χ0) is 9.80. The van der Waals surface area contributed by atoms with Gasteiger partial charge in [-0.25, -0.2) is 0 Å². The van der Waals surface area contributed by atoms with Crippen molar-refractivity contribution in [2.24, 2.45) is 0 Å². The van der Waals surface area contributed by atoms with Gasteiger partial charge in [-0.05, 0) is 37.8 Å². The van der Waals surface area contributed by atoms with E-state index < -0.39 is 0 Å². The van der Waals surface area contributed by atoms with Crippen molar-refractivity contribution in [3.05, 3.63) is 30.3 Å². The molecule has 0 aliphatic heterocycles. The second kappa shape index (κ2) is 4.85. The minimum Gasteiger partial charge on any atom is -0.393 e. The molecular weight excluding hydrogens is 192 g/mol. The van der Waals surface area contributed by atoms with Crippen molar-refractivity contribution in [3.8, 4) is 0 Å². The van der Waals surface area contributed by atoms with E-state index in [0.717, 1.165) is 25.7 Å². The average molecular weight is 208 g/mol. The Hall–Kier alpha value is -0.470. The van der Waals surface area contributed by atoms with Gasteiger partial charge in [0, 0.05) is 10.1 Å². The summed E-state index contributed by atoms with van der Waals surface area (Å²) in [6.07, 6.45) is 4.22. The number of benzene rings is 1. The van der Waals surface area contributed by atoms with Crippen LogP contribution >= 0.6 is 11.8 Å². The second-order valence-electron chi connectivity index (χ2n) is 3.86. The Morgan fingerprint density at radius 3 is 2.29 bits per heavy atom. The standard InChI is InChI=1S/C12H16OS/c13-10-6-8-12(9-7-10)14-11-4-2-1-3-5-11/h1-5,10,12-13H,6-9H2. The highest BCUT2D eigenvalue weighted by Crippen LogP contribution is 2.33. The smallest absolute Gasteiger partial charge is 0.0541 e. The van der Waals surface area contributed by atoms with Crippen molar-refractivity contribution in [1.82, 2.24) is 0 Å². The van der Waals surface area contributed by atoms with E-state index >= 15 is 0 Å². The van der Waals surface area contributed by atoms with Crippen LogP contribution < -0.4 is 0 Å². The van der Waals surface area contributed by atoms with Gasteiger partial charge >= 0.3 is 0 Å². The van der Waals surface area contributed by atoms with Gasteiger partial charge in [0.25, 0.3) is 0 Å². The van der Waals surface area contributed by atoms with Crippen molar-refractivity contribution < 1.29 is 5.11 Å². The minimum absolute atomic E-state index is 0.0392. The highest BCUT2D eigenvalue weighted by molar-refractivity contribution is 8.00. The Kier molecular flexibility index (Phi) is 3.49. The number of hydrogen-bond donors (Lipinski definition) is 1. The van der Waals surface area contributed by atoms with Gasteiger partial charge in [-0.1, -0.05) is 18.2 Å². The zero-order valence-electron chi connectivity index (χ0n) is 8.23. The van der Waals surface area contributed by atoms with Crippen LogP contribution in [0, 0.1) is 0 Å². The summed E-state index contributed by atoms with van der Waals surface area (Å²) in [6, 6.07) is 10.5. The van der Waals surface area contributed by atoms with Gasteiger partial charge in [0.15, 0.2) is 0 Å². The lowest BCUT2D eigenvalue weighted by Gasteiger charge is -2.24. The van der Waals surface area contributed by atoms with Crippen LogP contribution in [0.3, 0.4) is 0 Å². The molecule has 2 heteroatoms. The Morgan fingerprint density at radius 1 is 1.00 bits per heavy atom. The van der Waals surface area contributed by atoms with Gasteiger partial charge < -0.3 is 5.11 Å². The van der Waals surface area contributed by atoms with Crippen LogP contribution in [-0.4, -0.2) is 16.5 Å². The number of aliphatic hydroxyl groups is 1. The van der Waals surface area contributed by atoms with E-state index in [9.17, 15) is 5.11 Å². The molecule has 0 radical (unpaired) electrons. The molecule has 1 saturated carbocycles. The number of aliphatic hydroxyl groups excluding tert-OH is 1. The summed E-state index contributed by atoms with van der Waals surface area (Å²) in [5, 5.41) is 10.1. The molecule has 0 spiro atoms. The maximum Gasteiger partial charge on any atom is 0.0541 e. The highest BCUT2D eigenvalue weighted by atomic mass is 32.2. The average Bonchev–Trinajstić information content (AvgIpc) is 2.23. The predicted octanol–water partition coefficient (Wildman–Crippen LogP) is 3.08. The molecule has 76 valence electrons. The number of hydrogen-bond acceptors (Lipinski definition) is 2. The SMILES string of the molecule is OC1CCC(Sc2ccccc2)CC1. The fraction of sp³-hybridized carbons (Fsp3) is 0.500. The summed E-state index contributed by atoms with van der Waals surface area (Å²) in [6.45, 7) is 0. The van der Waals surface area contributed by atoms with Crippen molar-refractivity contribution >= 4 is 11.8 Å². The summed E-state index contributed by atoms with van der Waals surface area (Å²) in [7, 11) is 0. The monoisotopic (exact) mass is 208 g/mol. The van der Waals surface area contributed by atoms with E-state index in [4.69, 9.17) is 0 Å². The summed E-state index contributed by atoms with van der Waals surface area (Å²) in [5.74, 6) is 0. The normalized spacial score (nSPS) is 27.5. The largest absolute Gasteiger partial charge is 0.393 e. The van der Waals surface area contributed by atoms with Gasteiger partial charge in [-0.15, -0.1) is 11.8 Å². The van der Waals surface area contributed by atoms with E-state index in [1.54, 1.807) is 0 Å². The van der Waals surface area contributed by atoms with Crippen molar-refractivity contribution in [2.75, 3.05) is 0 Å². The van der Waals surface area contributed by atoms with Gasteiger partial charge in [-0.2, -0.15) is 0 Å². The molecule has 0 bridgehead atoms. The van der Waals surface area contributed by atoms with Gasteiger partial charge in [0.2, 0.25) is 0 Å². The van der Waals surface area contributed by atoms with Crippen LogP contribution in [0.15, 0.2) is 35.2 Å². The Bertz CT molecular complexity index is 265. The lowest BCUT2D eigenvalue weighted by Crippen LogP contribution is -2.19. The van der Waals surface area contributed by atoms with E-state index in [2.05, 4.69) is 30.3 Å². The lowest BCUT2D eigenvalue weighted by molar-refractivity contribution is 0.132. The van der Waals surface area contributed by atoms with Crippen molar-refractivity contribution in [3.63, 3.8) is 0 Å².